The zero-order chi connectivity index (χ0) is 14.7. The molecule has 2 aromatic rings. The molecule has 0 aliphatic rings. The van der Waals surface area contributed by atoms with Gasteiger partial charge in [-0.3, -0.25) is 4.79 Å². The van der Waals surface area contributed by atoms with Crippen LogP contribution in [0.15, 0.2) is 42.5 Å². The summed E-state index contributed by atoms with van der Waals surface area (Å²) < 4.78 is 5.31. The Kier molecular flexibility index (Phi) is 4.20. The molecule has 0 aliphatic carbocycles. The van der Waals surface area contributed by atoms with Crippen molar-refractivity contribution in [2.24, 2.45) is 0 Å². The summed E-state index contributed by atoms with van der Waals surface area (Å²) >= 11 is 5.95. The minimum Gasteiger partial charge on any atom is -0.422 e. The number of aryl methyl sites for hydroxylation is 1. The number of benzene rings is 2. The van der Waals surface area contributed by atoms with Crippen molar-refractivity contribution < 1.29 is 14.3 Å². The lowest BCUT2D eigenvalue weighted by atomic mass is 10.0. The fourth-order valence-corrected chi connectivity index (χ4v) is 2.17. The summed E-state index contributed by atoms with van der Waals surface area (Å²) in [6, 6.07) is 11.7. The van der Waals surface area contributed by atoms with Gasteiger partial charge in [0.15, 0.2) is 5.78 Å². The van der Waals surface area contributed by atoms with Gasteiger partial charge in [0.2, 0.25) is 0 Å². The van der Waals surface area contributed by atoms with Gasteiger partial charge in [0.25, 0.3) is 0 Å². The summed E-state index contributed by atoms with van der Waals surface area (Å²) in [5.74, 6) is -0.476. The summed E-state index contributed by atoms with van der Waals surface area (Å²) in [7, 11) is 0. The third-order valence-corrected chi connectivity index (χ3v) is 3.21. The summed E-state index contributed by atoms with van der Waals surface area (Å²) in [5.41, 5.74) is 1.44. The van der Waals surface area contributed by atoms with Crippen LogP contribution >= 0.6 is 11.6 Å². The quantitative estimate of drug-likeness (QED) is 0.486. The maximum Gasteiger partial charge on any atom is 0.345 e. The van der Waals surface area contributed by atoms with Crippen LogP contribution in [0.3, 0.4) is 0 Å². The molecule has 0 amide bonds. The van der Waals surface area contributed by atoms with Crippen molar-refractivity contribution in [1.82, 2.24) is 0 Å². The Morgan fingerprint density at radius 3 is 2.40 bits per heavy atom. The van der Waals surface area contributed by atoms with Gasteiger partial charge in [0.1, 0.15) is 5.75 Å². The molecule has 0 fully saturated rings. The molecular formula is C16H13ClO3. The van der Waals surface area contributed by atoms with E-state index in [4.69, 9.17) is 16.3 Å². The standard InChI is InChI=1S/C16H13ClO3/c1-10-6-5-9-14(15(10)11(2)18)20-16(19)12-7-3-4-8-13(12)17/h3-9H,1-2H3. The van der Waals surface area contributed by atoms with Crippen LogP contribution in [0.4, 0.5) is 0 Å². The fourth-order valence-electron chi connectivity index (χ4n) is 1.96. The molecule has 20 heavy (non-hydrogen) atoms. The number of carbonyl (C=O) groups excluding carboxylic acids is 2. The molecule has 0 spiro atoms. The van der Waals surface area contributed by atoms with E-state index in [0.717, 1.165) is 5.56 Å². The minimum atomic E-state index is -0.580. The van der Waals surface area contributed by atoms with Crippen LogP contribution in [0.1, 0.15) is 33.2 Å². The van der Waals surface area contributed by atoms with Crippen molar-refractivity contribution in [3.63, 3.8) is 0 Å². The zero-order valence-corrected chi connectivity index (χ0v) is 11.9. The number of halogens is 1. The second-order valence-corrected chi connectivity index (χ2v) is 4.78. The third-order valence-electron chi connectivity index (χ3n) is 2.88. The first-order chi connectivity index (χ1) is 9.50. The topological polar surface area (TPSA) is 43.4 Å². The number of Topliss-reactive ketones (excluding diaryl/α,β-unsaturated/α-hetero) is 1. The Hall–Kier alpha value is -2.13. The van der Waals surface area contributed by atoms with Crippen LogP contribution in [0.5, 0.6) is 5.75 Å². The SMILES string of the molecule is CC(=O)c1c(C)cccc1OC(=O)c1ccccc1Cl. The van der Waals surface area contributed by atoms with Crippen molar-refractivity contribution in [3.05, 3.63) is 64.2 Å². The van der Waals surface area contributed by atoms with Gasteiger partial charge < -0.3 is 4.74 Å². The highest BCUT2D eigenvalue weighted by Gasteiger charge is 2.17. The molecule has 2 rings (SSSR count). The largest absolute Gasteiger partial charge is 0.422 e. The lowest BCUT2D eigenvalue weighted by Gasteiger charge is -2.10. The van der Waals surface area contributed by atoms with E-state index < -0.39 is 5.97 Å². The summed E-state index contributed by atoms with van der Waals surface area (Å²) in [4.78, 5) is 23.8. The molecule has 0 unspecified atom stereocenters. The Bertz CT molecular complexity index is 677. The van der Waals surface area contributed by atoms with E-state index >= 15 is 0 Å². The van der Waals surface area contributed by atoms with Gasteiger partial charge in [-0.1, -0.05) is 35.9 Å². The van der Waals surface area contributed by atoms with Crippen molar-refractivity contribution >= 4 is 23.4 Å². The van der Waals surface area contributed by atoms with Crippen molar-refractivity contribution in [1.29, 1.82) is 0 Å². The second-order valence-electron chi connectivity index (χ2n) is 4.37. The van der Waals surface area contributed by atoms with Gasteiger partial charge in [-0.2, -0.15) is 0 Å². The predicted octanol–water partition coefficient (Wildman–Crippen LogP) is 4.07. The van der Waals surface area contributed by atoms with E-state index in [1.807, 2.05) is 0 Å². The average Bonchev–Trinajstić information content (AvgIpc) is 2.38. The zero-order valence-electron chi connectivity index (χ0n) is 11.1. The van der Waals surface area contributed by atoms with Crippen LogP contribution in [-0.4, -0.2) is 11.8 Å². The molecule has 0 atom stereocenters. The first kappa shape index (κ1) is 14.3. The molecule has 4 heteroatoms. The van der Waals surface area contributed by atoms with Crippen molar-refractivity contribution in [3.8, 4) is 5.75 Å². The first-order valence-electron chi connectivity index (χ1n) is 6.08. The van der Waals surface area contributed by atoms with Gasteiger partial charge >= 0.3 is 5.97 Å². The van der Waals surface area contributed by atoms with Crippen LogP contribution in [0.2, 0.25) is 5.02 Å². The molecule has 102 valence electrons. The van der Waals surface area contributed by atoms with Gasteiger partial charge in [-0.25, -0.2) is 4.79 Å². The maximum absolute atomic E-state index is 12.1. The number of carbonyl (C=O) groups is 2. The van der Waals surface area contributed by atoms with E-state index in [1.54, 1.807) is 49.4 Å². The molecule has 0 bridgehead atoms. The first-order valence-corrected chi connectivity index (χ1v) is 6.45. The normalized spacial score (nSPS) is 10.2. The number of ketones is 1. The Labute approximate surface area is 122 Å². The average molecular weight is 289 g/mol. The summed E-state index contributed by atoms with van der Waals surface area (Å²) in [5, 5.41) is 0.314. The van der Waals surface area contributed by atoms with E-state index in [-0.39, 0.29) is 17.1 Å². The van der Waals surface area contributed by atoms with Crippen LogP contribution < -0.4 is 4.74 Å². The van der Waals surface area contributed by atoms with Crippen LogP contribution in [0.25, 0.3) is 0 Å². The molecule has 0 heterocycles. The molecule has 3 nitrogen and oxygen atoms in total. The minimum absolute atomic E-state index is 0.148. The Morgan fingerprint density at radius 2 is 1.75 bits per heavy atom. The predicted molar refractivity (Wildman–Crippen MR) is 77.6 cm³/mol. The number of hydrogen-bond donors (Lipinski definition) is 0. The van der Waals surface area contributed by atoms with Gasteiger partial charge in [-0.15, -0.1) is 0 Å². The van der Waals surface area contributed by atoms with Gasteiger partial charge in [-0.05, 0) is 37.6 Å². The monoisotopic (exact) mass is 288 g/mol. The van der Waals surface area contributed by atoms with Crippen LogP contribution in [0, 0.1) is 6.92 Å². The molecule has 0 saturated carbocycles. The van der Waals surface area contributed by atoms with E-state index in [1.165, 1.54) is 6.92 Å². The molecule has 0 saturated heterocycles. The highest BCUT2D eigenvalue weighted by Crippen LogP contribution is 2.25. The Morgan fingerprint density at radius 1 is 1.05 bits per heavy atom. The smallest absolute Gasteiger partial charge is 0.345 e. The van der Waals surface area contributed by atoms with Crippen LogP contribution in [-0.2, 0) is 0 Å². The van der Waals surface area contributed by atoms with E-state index in [9.17, 15) is 9.59 Å². The molecule has 0 aliphatic heterocycles. The molecule has 2 aromatic carbocycles. The summed E-state index contributed by atoms with van der Waals surface area (Å²) in [6.45, 7) is 3.23. The van der Waals surface area contributed by atoms with E-state index in [0.29, 0.717) is 10.6 Å². The molecule has 0 aromatic heterocycles. The summed E-state index contributed by atoms with van der Waals surface area (Å²) in [6.07, 6.45) is 0. The lowest BCUT2D eigenvalue weighted by Crippen LogP contribution is -2.12. The molecule has 0 radical (unpaired) electrons. The second kappa shape index (κ2) is 5.88. The number of ether oxygens (including phenoxy) is 1. The maximum atomic E-state index is 12.1. The van der Waals surface area contributed by atoms with Gasteiger partial charge in [0, 0.05) is 0 Å². The number of hydrogen-bond acceptors (Lipinski definition) is 3. The van der Waals surface area contributed by atoms with E-state index in [2.05, 4.69) is 0 Å². The fraction of sp³-hybridized carbons (Fsp3) is 0.125. The number of esters is 1. The van der Waals surface area contributed by atoms with Crippen molar-refractivity contribution in [2.75, 3.05) is 0 Å². The third kappa shape index (κ3) is 2.89. The van der Waals surface area contributed by atoms with Crippen molar-refractivity contribution in [2.45, 2.75) is 13.8 Å². The Balaban J connectivity index is 2.36. The number of rotatable bonds is 3. The lowest BCUT2D eigenvalue weighted by molar-refractivity contribution is 0.0733. The highest BCUT2D eigenvalue weighted by molar-refractivity contribution is 6.33. The van der Waals surface area contributed by atoms with Gasteiger partial charge in [0.05, 0.1) is 16.1 Å². The highest BCUT2D eigenvalue weighted by atomic mass is 35.5. The molecular weight excluding hydrogens is 276 g/mol. The molecule has 0 N–H and O–H groups in total.